The van der Waals surface area contributed by atoms with Crippen molar-refractivity contribution in [3.05, 3.63) is 65.2 Å². The summed E-state index contributed by atoms with van der Waals surface area (Å²) in [6, 6.07) is 13.2. The van der Waals surface area contributed by atoms with Crippen molar-refractivity contribution in [2.75, 3.05) is 6.54 Å². The fourth-order valence-corrected chi connectivity index (χ4v) is 2.58. The van der Waals surface area contributed by atoms with Crippen molar-refractivity contribution in [2.24, 2.45) is 0 Å². The third kappa shape index (κ3) is 2.99. The van der Waals surface area contributed by atoms with Crippen LogP contribution in [0.1, 0.15) is 35.8 Å². The Morgan fingerprint density at radius 1 is 1.21 bits per heavy atom. The highest BCUT2D eigenvalue weighted by molar-refractivity contribution is 5.24. The van der Waals surface area contributed by atoms with Gasteiger partial charge in [0.1, 0.15) is 5.82 Å². The molecule has 1 saturated heterocycles. The maximum atomic E-state index is 13.2. The molecule has 1 atom stereocenters. The Balaban J connectivity index is 1.79. The van der Waals surface area contributed by atoms with Crippen molar-refractivity contribution in [2.45, 2.75) is 25.3 Å². The van der Waals surface area contributed by atoms with Gasteiger partial charge in [-0.05, 0) is 49.2 Å². The van der Waals surface area contributed by atoms with E-state index in [1.807, 2.05) is 18.2 Å². The maximum absolute atomic E-state index is 13.2. The van der Waals surface area contributed by atoms with Gasteiger partial charge in [-0.3, -0.25) is 4.98 Å². The van der Waals surface area contributed by atoms with E-state index < -0.39 is 0 Å². The molecule has 19 heavy (non-hydrogen) atoms. The fourth-order valence-electron chi connectivity index (χ4n) is 2.58. The van der Waals surface area contributed by atoms with Gasteiger partial charge in [-0.15, -0.1) is 0 Å². The van der Waals surface area contributed by atoms with Gasteiger partial charge in [-0.25, -0.2) is 4.39 Å². The number of hydrogen-bond donors (Lipinski definition) is 1. The van der Waals surface area contributed by atoms with Crippen LogP contribution in [0.15, 0.2) is 42.5 Å². The number of nitrogens with zero attached hydrogens (tertiary/aromatic N) is 1. The summed E-state index contributed by atoms with van der Waals surface area (Å²) in [5, 5.41) is 3.45. The van der Waals surface area contributed by atoms with Crippen molar-refractivity contribution in [3.8, 4) is 0 Å². The average Bonchev–Trinajstić information content (AvgIpc) is 2.93. The van der Waals surface area contributed by atoms with E-state index in [-0.39, 0.29) is 5.82 Å². The Morgan fingerprint density at radius 3 is 2.89 bits per heavy atom. The molecule has 1 aliphatic rings. The zero-order valence-electron chi connectivity index (χ0n) is 10.8. The van der Waals surface area contributed by atoms with Crippen molar-refractivity contribution < 1.29 is 4.39 Å². The Hall–Kier alpha value is -1.74. The zero-order valence-corrected chi connectivity index (χ0v) is 10.8. The normalized spacial score (nSPS) is 18.7. The second-order valence-corrected chi connectivity index (χ2v) is 5.01. The molecule has 1 aromatic heterocycles. The van der Waals surface area contributed by atoms with E-state index in [0.717, 1.165) is 29.9 Å². The van der Waals surface area contributed by atoms with Crippen molar-refractivity contribution in [3.63, 3.8) is 0 Å². The SMILES string of the molecule is Fc1cccc(Cc2cccc([C@@H]3CCCN3)n2)c1. The predicted octanol–water partition coefficient (Wildman–Crippen LogP) is 3.24. The van der Waals surface area contributed by atoms with Crippen LogP contribution in [-0.4, -0.2) is 11.5 Å². The summed E-state index contributed by atoms with van der Waals surface area (Å²) < 4.78 is 13.2. The molecular weight excluding hydrogens is 239 g/mol. The lowest BCUT2D eigenvalue weighted by molar-refractivity contribution is 0.622. The fraction of sp³-hybridized carbons (Fsp3) is 0.312. The number of hydrogen-bond acceptors (Lipinski definition) is 2. The van der Waals surface area contributed by atoms with Crippen LogP contribution in [0, 0.1) is 5.82 Å². The first-order chi connectivity index (χ1) is 9.31. The van der Waals surface area contributed by atoms with Crippen molar-refractivity contribution >= 4 is 0 Å². The van der Waals surface area contributed by atoms with Crippen LogP contribution in [0.2, 0.25) is 0 Å². The van der Waals surface area contributed by atoms with Gasteiger partial charge < -0.3 is 5.32 Å². The highest BCUT2D eigenvalue weighted by atomic mass is 19.1. The van der Waals surface area contributed by atoms with Crippen LogP contribution < -0.4 is 5.32 Å². The van der Waals surface area contributed by atoms with Crippen LogP contribution in [0.4, 0.5) is 4.39 Å². The highest BCUT2D eigenvalue weighted by Gasteiger charge is 2.17. The number of aromatic nitrogens is 1. The molecule has 0 spiro atoms. The van der Waals surface area contributed by atoms with E-state index in [2.05, 4.69) is 11.4 Å². The number of pyridine rings is 1. The minimum Gasteiger partial charge on any atom is -0.309 e. The Kier molecular flexibility index (Phi) is 3.56. The molecule has 0 unspecified atom stereocenters. The molecule has 1 fully saturated rings. The molecule has 0 aliphatic carbocycles. The second kappa shape index (κ2) is 5.49. The molecule has 0 saturated carbocycles. The van der Waals surface area contributed by atoms with E-state index in [1.54, 1.807) is 12.1 Å². The van der Waals surface area contributed by atoms with Gasteiger partial charge in [-0.1, -0.05) is 18.2 Å². The first-order valence-electron chi connectivity index (χ1n) is 6.75. The molecule has 98 valence electrons. The minimum atomic E-state index is -0.189. The number of halogens is 1. The molecular formula is C16H17FN2. The lowest BCUT2D eigenvalue weighted by Crippen LogP contribution is -2.14. The number of nitrogens with one attached hydrogen (secondary N) is 1. The molecule has 1 N–H and O–H groups in total. The van der Waals surface area contributed by atoms with Gasteiger partial charge >= 0.3 is 0 Å². The maximum Gasteiger partial charge on any atom is 0.123 e. The lowest BCUT2D eigenvalue weighted by Gasteiger charge is -2.11. The standard InChI is InChI=1S/C16H17FN2/c17-13-5-1-4-12(10-13)11-14-6-2-7-16(19-14)15-8-3-9-18-15/h1-2,4-7,10,15,18H,3,8-9,11H2/t15-/m0/s1. The minimum absolute atomic E-state index is 0.189. The molecule has 1 aromatic carbocycles. The summed E-state index contributed by atoms with van der Waals surface area (Å²) in [5.74, 6) is -0.189. The van der Waals surface area contributed by atoms with Gasteiger partial charge in [0.25, 0.3) is 0 Å². The van der Waals surface area contributed by atoms with E-state index in [0.29, 0.717) is 12.5 Å². The first kappa shape index (κ1) is 12.3. The van der Waals surface area contributed by atoms with E-state index >= 15 is 0 Å². The molecule has 2 aromatic rings. The lowest BCUT2D eigenvalue weighted by atomic mass is 10.1. The van der Waals surface area contributed by atoms with E-state index in [4.69, 9.17) is 4.98 Å². The molecule has 0 radical (unpaired) electrons. The molecule has 3 heteroatoms. The molecule has 1 aliphatic heterocycles. The van der Waals surface area contributed by atoms with E-state index in [9.17, 15) is 4.39 Å². The van der Waals surface area contributed by atoms with Crippen molar-refractivity contribution in [1.29, 1.82) is 0 Å². The molecule has 0 bridgehead atoms. The van der Waals surface area contributed by atoms with Crippen LogP contribution in [0.25, 0.3) is 0 Å². The van der Waals surface area contributed by atoms with E-state index in [1.165, 1.54) is 12.5 Å². The van der Waals surface area contributed by atoms with Crippen molar-refractivity contribution in [1.82, 2.24) is 10.3 Å². The summed E-state index contributed by atoms with van der Waals surface area (Å²) >= 11 is 0. The number of rotatable bonds is 3. The highest BCUT2D eigenvalue weighted by Crippen LogP contribution is 2.21. The first-order valence-corrected chi connectivity index (χ1v) is 6.75. The molecule has 0 amide bonds. The van der Waals surface area contributed by atoms with Gasteiger partial charge in [0.2, 0.25) is 0 Å². The monoisotopic (exact) mass is 256 g/mol. The Bertz CT molecular complexity index is 562. The largest absolute Gasteiger partial charge is 0.309 e. The van der Waals surface area contributed by atoms with Crippen LogP contribution in [0.5, 0.6) is 0 Å². The third-order valence-corrected chi connectivity index (χ3v) is 3.52. The van der Waals surface area contributed by atoms with Crippen LogP contribution >= 0.6 is 0 Å². The second-order valence-electron chi connectivity index (χ2n) is 5.01. The molecule has 2 nitrogen and oxygen atoms in total. The third-order valence-electron chi connectivity index (χ3n) is 3.52. The Labute approximate surface area is 112 Å². The van der Waals surface area contributed by atoms with Gasteiger partial charge in [0.15, 0.2) is 0 Å². The predicted molar refractivity (Wildman–Crippen MR) is 73.4 cm³/mol. The molecule has 3 rings (SSSR count). The number of benzene rings is 1. The quantitative estimate of drug-likeness (QED) is 0.912. The zero-order chi connectivity index (χ0) is 13.1. The molecule has 2 heterocycles. The summed E-state index contributed by atoms with van der Waals surface area (Å²) in [5.41, 5.74) is 3.06. The van der Waals surface area contributed by atoms with Crippen LogP contribution in [0.3, 0.4) is 0 Å². The summed E-state index contributed by atoms with van der Waals surface area (Å²) in [4.78, 5) is 4.69. The topological polar surface area (TPSA) is 24.9 Å². The summed E-state index contributed by atoms with van der Waals surface area (Å²) in [7, 11) is 0. The smallest absolute Gasteiger partial charge is 0.123 e. The van der Waals surface area contributed by atoms with Gasteiger partial charge in [0.05, 0.1) is 5.69 Å². The van der Waals surface area contributed by atoms with Gasteiger partial charge in [0, 0.05) is 18.2 Å². The van der Waals surface area contributed by atoms with Crippen LogP contribution in [-0.2, 0) is 6.42 Å². The summed E-state index contributed by atoms with van der Waals surface area (Å²) in [6.45, 7) is 1.07. The Morgan fingerprint density at radius 2 is 2.11 bits per heavy atom. The average molecular weight is 256 g/mol. The van der Waals surface area contributed by atoms with Gasteiger partial charge in [-0.2, -0.15) is 0 Å². The summed E-state index contributed by atoms with van der Waals surface area (Å²) in [6.07, 6.45) is 3.04.